The summed E-state index contributed by atoms with van der Waals surface area (Å²) in [5.41, 5.74) is 7.23. The molecular weight excluding hydrogens is 363 g/mol. The fourth-order valence-corrected chi connectivity index (χ4v) is 4.65. The quantitative estimate of drug-likeness (QED) is 0.676. The number of rotatable bonds is 5. The number of aromatic nitrogens is 2. The lowest BCUT2D eigenvalue weighted by atomic mass is 10.0. The van der Waals surface area contributed by atoms with Crippen molar-refractivity contribution >= 4 is 5.69 Å². The van der Waals surface area contributed by atoms with E-state index < -0.39 is 0 Å². The molecule has 1 fully saturated rings. The van der Waals surface area contributed by atoms with Gasteiger partial charge in [0.2, 0.25) is 0 Å². The number of aryl methyl sites for hydroxylation is 1. The zero-order valence-corrected chi connectivity index (χ0v) is 16.6. The fraction of sp³-hybridized carbons (Fsp3) is 0.375. The van der Waals surface area contributed by atoms with Crippen molar-refractivity contribution in [3.8, 4) is 11.1 Å². The van der Waals surface area contributed by atoms with Crippen LogP contribution in [0, 0.1) is 5.82 Å². The van der Waals surface area contributed by atoms with Crippen LogP contribution in [0.25, 0.3) is 11.1 Å². The van der Waals surface area contributed by atoms with E-state index in [4.69, 9.17) is 0 Å². The van der Waals surface area contributed by atoms with E-state index in [1.165, 1.54) is 41.5 Å². The molecule has 2 N–H and O–H groups in total. The molecule has 1 aliphatic heterocycles. The Balaban J connectivity index is 1.15. The van der Waals surface area contributed by atoms with Gasteiger partial charge in [0, 0.05) is 37.1 Å². The molecule has 0 atom stereocenters. The maximum atomic E-state index is 13.5. The summed E-state index contributed by atoms with van der Waals surface area (Å²) in [6, 6.07) is 15.8. The Kier molecular flexibility index (Phi) is 5.06. The molecule has 29 heavy (non-hydrogen) atoms. The van der Waals surface area contributed by atoms with Gasteiger partial charge in [-0.05, 0) is 73.1 Å². The van der Waals surface area contributed by atoms with Gasteiger partial charge in [0.05, 0.1) is 5.69 Å². The SMILES string of the molecule is Fc1cccc(-c2ccc(N3CCC(NCc4n[nH]c5c4CCC5)CC3)cc2)c1. The minimum atomic E-state index is -0.194. The lowest BCUT2D eigenvalue weighted by Gasteiger charge is -2.34. The molecule has 2 aliphatic rings. The van der Waals surface area contributed by atoms with Gasteiger partial charge in [0.15, 0.2) is 0 Å². The van der Waals surface area contributed by atoms with Crippen LogP contribution in [-0.2, 0) is 19.4 Å². The molecule has 1 aromatic heterocycles. The van der Waals surface area contributed by atoms with Gasteiger partial charge in [-0.1, -0.05) is 24.3 Å². The minimum Gasteiger partial charge on any atom is -0.371 e. The Morgan fingerprint density at radius 3 is 2.66 bits per heavy atom. The standard InChI is InChI=1S/C24H27FN4/c25-19-4-1-3-18(15-19)17-7-9-21(10-8-17)29-13-11-20(12-14-29)26-16-24-22-5-2-6-23(22)27-28-24/h1,3-4,7-10,15,20,26H,2,5-6,11-14,16H2,(H,27,28). The van der Waals surface area contributed by atoms with Crippen LogP contribution in [0.1, 0.15) is 36.2 Å². The van der Waals surface area contributed by atoms with Gasteiger partial charge in [0.1, 0.15) is 5.82 Å². The molecule has 1 saturated heterocycles. The van der Waals surface area contributed by atoms with Crippen LogP contribution < -0.4 is 10.2 Å². The number of nitrogens with zero attached hydrogens (tertiary/aromatic N) is 2. The van der Waals surface area contributed by atoms with Gasteiger partial charge in [-0.25, -0.2) is 4.39 Å². The molecule has 0 bridgehead atoms. The normalized spacial score (nSPS) is 16.9. The zero-order valence-electron chi connectivity index (χ0n) is 16.6. The molecule has 5 rings (SSSR count). The molecule has 4 nitrogen and oxygen atoms in total. The van der Waals surface area contributed by atoms with Gasteiger partial charge in [-0.3, -0.25) is 5.10 Å². The Hall–Kier alpha value is -2.66. The highest BCUT2D eigenvalue weighted by Gasteiger charge is 2.22. The highest BCUT2D eigenvalue weighted by molar-refractivity contribution is 5.66. The highest BCUT2D eigenvalue weighted by atomic mass is 19.1. The summed E-state index contributed by atoms with van der Waals surface area (Å²) in [6.45, 7) is 2.98. The second-order valence-electron chi connectivity index (χ2n) is 8.18. The first-order valence-corrected chi connectivity index (χ1v) is 10.7. The third-order valence-electron chi connectivity index (χ3n) is 6.34. The van der Waals surface area contributed by atoms with Crippen molar-refractivity contribution in [3.63, 3.8) is 0 Å². The summed E-state index contributed by atoms with van der Waals surface area (Å²) in [5, 5.41) is 11.4. The van der Waals surface area contributed by atoms with Gasteiger partial charge in [-0.2, -0.15) is 5.10 Å². The number of aromatic amines is 1. The number of anilines is 1. The third-order valence-corrected chi connectivity index (χ3v) is 6.34. The van der Waals surface area contributed by atoms with E-state index in [1.54, 1.807) is 12.1 Å². The number of piperidine rings is 1. The van der Waals surface area contributed by atoms with E-state index in [9.17, 15) is 4.39 Å². The molecular formula is C24H27FN4. The molecule has 0 amide bonds. The largest absolute Gasteiger partial charge is 0.371 e. The molecule has 1 aliphatic carbocycles. The lowest BCUT2D eigenvalue weighted by Crippen LogP contribution is -2.42. The van der Waals surface area contributed by atoms with Crippen LogP contribution in [0.2, 0.25) is 0 Å². The Labute approximate surface area is 171 Å². The van der Waals surface area contributed by atoms with Crippen molar-refractivity contribution in [2.24, 2.45) is 0 Å². The fourth-order valence-electron chi connectivity index (χ4n) is 4.65. The number of nitrogens with one attached hydrogen (secondary N) is 2. The summed E-state index contributed by atoms with van der Waals surface area (Å²) in [6.07, 6.45) is 5.86. The van der Waals surface area contributed by atoms with Crippen molar-refractivity contribution < 1.29 is 4.39 Å². The Morgan fingerprint density at radius 1 is 1.03 bits per heavy atom. The van der Waals surface area contributed by atoms with Gasteiger partial charge < -0.3 is 10.2 Å². The number of fused-ring (bicyclic) bond motifs is 1. The number of hydrogen-bond acceptors (Lipinski definition) is 3. The van der Waals surface area contributed by atoms with Crippen molar-refractivity contribution in [1.29, 1.82) is 0 Å². The topological polar surface area (TPSA) is 44.0 Å². The van der Waals surface area contributed by atoms with E-state index in [1.807, 2.05) is 6.07 Å². The van der Waals surface area contributed by atoms with Crippen LogP contribution in [0.15, 0.2) is 48.5 Å². The number of hydrogen-bond donors (Lipinski definition) is 2. The summed E-state index contributed by atoms with van der Waals surface area (Å²) < 4.78 is 13.5. The van der Waals surface area contributed by atoms with Crippen LogP contribution in [-0.4, -0.2) is 29.3 Å². The summed E-state index contributed by atoms with van der Waals surface area (Å²) >= 11 is 0. The highest BCUT2D eigenvalue weighted by Crippen LogP contribution is 2.26. The summed E-state index contributed by atoms with van der Waals surface area (Å²) in [4.78, 5) is 2.44. The minimum absolute atomic E-state index is 0.194. The number of H-pyrrole nitrogens is 1. The summed E-state index contributed by atoms with van der Waals surface area (Å²) in [7, 11) is 0. The molecule has 0 spiro atoms. The smallest absolute Gasteiger partial charge is 0.123 e. The molecule has 5 heteroatoms. The van der Waals surface area contributed by atoms with Gasteiger partial charge >= 0.3 is 0 Å². The Bertz CT molecular complexity index is 971. The number of benzene rings is 2. The lowest BCUT2D eigenvalue weighted by molar-refractivity contribution is 0.411. The van der Waals surface area contributed by atoms with Crippen LogP contribution in [0.3, 0.4) is 0 Å². The number of halogens is 1. The van der Waals surface area contributed by atoms with Crippen molar-refractivity contribution in [2.75, 3.05) is 18.0 Å². The first-order valence-electron chi connectivity index (χ1n) is 10.7. The molecule has 0 saturated carbocycles. The van der Waals surface area contributed by atoms with E-state index in [0.29, 0.717) is 6.04 Å². The van der Waals surface area contributed by atoms with Crippen molar-refractivity contribution in [1.82, 2.24) is 15.5 Å². The monoisotopic (exact) mass is 390 g/mol. The second kappa shape index (κ2) is 7.99. The van der Waals surface area contributed by atoms with E-state index >= 15 is 0 Å². The van der Waals surface area contributed by atoms with E-state index in [-0.39, 0.29) is 5.82 Å². The second-order valence-corrected chi connectivity index (χ2v) is 8.18. The van der Waals surface area contributed by atoms with Crippen LogP contribution in [0.4, 0.5) is 10.1 Å². The first-order chi connectivity index (χ1) is 14.3. The van der Waals surface area contributed by atoms with Crippen molar-refractivity contribution in [3.05, 3.63) is 71.3 Å². The molecule has 2 aromatic carbocycles. The Morgan fingerprint density at radius 2 is 1.86 bits per heavy atom. The van der Waals surface area contributed by atoms with Crippen LogP contribution >= 0.6 is 0 Å². The molecule has 0 unspecified atom stereocenters. The average molecular weight is 391 g/mol. The molecule has 2 heterocycles. The van der Waals surface area contributed by atoms with Crippen LogP contribution in [0.5, 0.6) is 0 Å². The molecule has 0 radical (unpaired) electrons. The maximum absolute atomic E-state index is 13.5. The van der Waals surface area contributed by atoms with Gasteiger partial charge in [0.25, 0.3) is 0 Å². The summed E-state index contributed by atoms with van der Waals surface area (Å²) in [5.74, 6) is -0.194. The predicted molar refractivity (Wildman–Crippen MR) is 115 cm³/mol. The maximum Gasteiger partial charge on any atom is 0.123 e. The van der Waals surface area contributed by atoms with Crippen molar-refractivity contribution in [2.45, 2.75) is 44.7 Å². The average Bonchev–Trinajstić information content (AvgIpc) is 3.37. The van der Waals surface area contributed by atoms with E-state index in [2.05, 4.69) is 44.7 Å². The molecule has 3 aromatic rings. The molecule has 150 valence electrons. The van der Waals surface area contributed by atoms with Gasteiger partial charge in [-0.15, -0.1) is 0 Å². The third kappa shape index (κ3) is 3.92. The zero-order chi connectivity index (χ0) is 19.6. The predicted octanol–water partition coefficient (Wildman–Crippen LogP) is 4.46. The first kappa shape index (κ1) is 18.4. The van der Waals surface area contributed by atoms with E-state index in [0.717, 1.165) is 50.0 Å².